The molecule has 7 heteroatoms. The van der Waals surface area contributed by atoms with Gasteiger partial charge in [-0.15, -0.1) is 0 Å². The van der Waals surface area contributed by atoms with Crippen molar-refractivity contribution in [2.75, 3.05) is 25.0 Å². The summed E-state index contributed by atoms with van der Waals surface area (Å²) in [6.07, 6.45) is 1.83. The van der Waals surface area contributed by atoms with Crippen molar-refractivity contribution in [2.45, 2.75) is 18.8 Å². The predicted molar refractivity (Wildman–Crippen MR) is 108 cm³/mol. The van der Waals surface area contributed by atoms with Gasteiger partial charge in [0, 0.05) is 5.92 Å². The van der Waals surface area contributed by atoms with E-state index in [4.69, 9.17) is 27.6 Å². The number of nitrogens with one attached hydrogen (secondary N) is 1. The highest BCUT2D eigenvalue weighted by molar-refractivity contribution is 6.44. The number of halogens is 2. The molecule has 0 radical (unpaired) electrons. The molecule has 0 aliphatic carbocycles. The average molecular weight is 404 g/mol. The molecule has 27 heavy (non-hydrogen) atoms. The SMILES string of the molecule is O=C(CN1CCC(c2nc3ccccc3o2)CC1)Nc1cccc(Cl)c1Cl. The molecule has 3 aromatic rings. The second-order valence-corrected chi connectivity index (χ2v) is 7.50. The number of aromatic nitrogens is 1. The molecule has 0 unspecified atom stereocenters. The number of hydrogen-bond acceptors (Lipinski definition) is 4. The summed E-state index contributed by atoms with van der Waals surface area (Å²) in [6.45, 7) is 1.96. The Labute approximate surface area is 167 Å². The fourth-order valence-electron chi connectivity index (χ4n) is 3.40. The van der Waals surface area contributed by atoms with Gasteiger partial charge in [-0.25, -0.2) is 4.98 Å². The Morgan fingerprint density at radius 2 is 1.93 bits per heavy atom. The Hall–Kier alpha value is -2.08. The molecule has 4 rings (SSSR count). The number of oxazole rings is 1. The Morgan fingerprint density at radius 1 is 1.15 bits per heavy atom. The largest absolute Gasteiger partial charge is 0.440 e. The number of amides is 1. The average Bonchev–Trinajstić information content (AvgIpc) is 3.10. The first kappa shape index (κ1) is 18.3. The minimum Gasteiger partial charge on any atom is -0.440 e. The molecule has 1 fully saturated rings. The zero-order valence-corrected chi connectivity index (χ0v) is 16.1. The minimum absolute atomic E-state index is 0.0977. The second-order valence-electron chi connectivity index (χ2n) is 6.72. The van der Waals surface area contributed by atoms with Crippen molar-refractivity contribution >= 4 is 45.9 Å². The van der Waals surface area contributed by atoms with Crippen molar-refractivity contribution in [1.29, 1.82) is 0 Å². The fraction of sp³-hybridized carbons (Fsp3) is 0.300. The number of carbonyl (C=O) groups excluding carboxylic acids is 1. The van der Waals surface area contributed by atoms with Gasteiger partial charge in [-0.05, 0) is 50.2 Å². The monoisotopic (exact) mass is 403 g/mol. The third-order valence-corrected chi connectivity index (χ3v) is 5.66. The molecule has 0 atom stereocenters. The van der Waals surface area contributed by atoms with Crippen LogP contribution in [0.15, 0.2) is 46.9 Å². The summed E-state index contributed by atoms with van der Waals surface area (Å²) in [5.74, 6) is 0.990. The van der Waals surface area contributed by atoms with Gasteiger partial charge in [0.15, 0.2) is 11.5 Å². The van der Waals surface area contributed by atoms with E-state index in [1.807, 2.05) is 24.3 Å². The van der Waals surface area contributed by atoms with Crippen LogP contribution in [0.3, 0.4) is 0 Å². The Kier molecular flexibility index (Phi) is 5.34. The van der Waals surface area contributed by atoms with E-state index in [2.05, 4.69) is 15.2 Å². The van der Waals surface area contributed by atoms with Crippen molar-refractivity contribution < 1.29 is 9.21 Å². The molecule has 0 spiro atoms. The van der Waals surface area contributed by atoms with Crippen LogP contribution in [-0.2, 0) is 4.79 Å². The van der Waals surface area contributed by atoms with E-state index in [0.29, 0.717) is 28.2 Å². The van der Waals surface area contributed by atoms with Crippen LogP contribution < -0.4 is 5.32 Å². The first-order valence-corrected chi connectivity index (χ1v) is 9.67. The van der Waals surface area contributed by atoms with Crippen LogP contribution in [0.1, 0.15) is 24.7 Å². The van der Waals surface area contributed by atoms with Crippen LogP contribution in [-0.4, -0.2) is 35.4 Å². The third kappa shape index (κ3) is 4.10. The Balaban J connectivity index is 1.32. The van der Waals surface area contributed by atoms with Gasteiger partial charge in [0.05, 0.1) is 22.3 Å². The van der Waals surface area contributed by atoms with Gasteiger partial charge in [0.2, 0.25) is 5.91 Å². The van der Waals surface area contributed by atoms with Crippen LogP contribution in [0.4, 0.5) is 5.69 Å². The number of piperidine rings is 1. The van der Waals surface area contributed by atoms with Gasteiger partial charge in [0.1, 0.15) is 5.52 Å². The highest BCUT2D eigenvalue weighted by Crippen LogP contribution is 2.31. The van der Waals surface area contributed by atoms with Gasteiger partial charge in [0.25, 0.3) is 0 Å². The van der Waals surface area contributed by atoms with Gasteiger partial charge in [-0.3, -0.25) is 9.69 Å². The number of anilines is 1. The lowest BCUT2D eigenvalue weighted by atomic mass is 9.97. The van der Waals surface area contributed by atoms with E-state index in [1.54, 1.807) is 18.2 Å². The van der Waals surface area contributed by atoms with Crippen molar-refractivity contribution in [3.05, 3.63) is 58.4 Å². The van der Waals surface area contributed by atoms with E-state index in [9.17, 15) is 4.79 Å². The normalized spacial score (nSPS) is 15.9. The molecule has 5 nitrogen and oxygen atoms in total. The molecule has 1 aliphatic heterocycles. The Morgan fingerprint density at radius 3 is 2.70 bits per heavy atom. The highest BCUT2D eigenvalue weighted by Gasteiger charge is 2.25. The van der Waals surface area contributed by atoms with Crippen molar-refractivity contribution in [3.63, 3.8) is 0 Å². The van der Waals surface area contributed by atoms with Gasteiger partial charge < -0.3 is 9.73 Å². The molecular formula is C20H19Cl2N3O2. The number of fused-ring (bicyclic) bond motifs is 1. The summed E-state index contributed by atoms with van der Waals surface area (Å²) < 4.78 is 5.89. The molecule has 1 amide bonds. The molecule has 0 saturated carbocycles. The number of para-hydroxylation sites is 2. The summed E-state index contributed by atoms with van der Waals surface area (Å²) >= 11 is 12.1. The van der Waals surface area contributed by atoms with E-state index < -0.39 is 0 Å². The van der Waals surface area contributed by atoms with E-state index >= 15 is 0 Å². The van der Waals surface area contributed by atoms with Crippen LogP contribution in [0, 0.1) is 0 Å². The lowest BCUT2D eigenvalue weighted by molar-refractivity contribution is -0.117. The van der Waals surface area contributed by atoms with Gasteiger partial charge in [-0.1, -0.05) is 41.4 Å². The smallest absolute Gasteiger partial charge is 0.238 e. The molecule has 1 N–H and O–H groups in total. The zero-order valence-electron chi connectivity index (χ0n) is 14.6. The zero-order chi connectivity index (χ0) is 18.8. The summed E-state index contributed by atoms with van der Waals surface area (Å²) in [4.78, 5) is 19.1. The highest BCUT2D eigenvalue weighted by atomic mass is 35.5. The Bertz CT molecular complexity index is 932. The van der Waals surface area contributed by atoms with Crippen LogP contribution >= 0.6 is 23.2 Å². The molecule has 0 bridgehead atoms. The molecule has 1 aliphatic rings. The van der Waals surface area contributed by atoms with E-state index in [-0.39, 0.29) is 5.91 Å². The maximum absolute atomic E-state index is 12.3. The van der Waals surface area contributed by atoms with Crippen molar-refractivity contribution in [3.8, 4) is 0 Å². The number of carbonyl (C=O) groups is 1. The number of hydrogen-bond donors (Lipinski definition) is 1. The molecule has 140 valence electrons. The lowest BCUT2D eigenvalue weighted by Crippen LogP contribution is -2.38. The third-order valence-electron chi connectivity index (χ3n) is 4.84. The van der Waals surface area contributed by atoms with E-state index in [1.165, 1.54) is 0 Å². The maximum Gasteiger partial charge on any atom is 0.238 e. The van der Waals surface area contributed by atoms with Crippen LogP contribution in [0.2, 0.25) is 10.0 Å². The number of nitrogens with zero attached hydrogens (tertiary/aromatic N) is 2. The molecule has 1 aromatic heterocycles. The van der Waals surface area contributed by atoms with Crippen LogP contribution in [0.25, 0.3) is 11.1 Å². The summed E-state index contributed by atoms with van der Waals surface area (Å²) in [7, 11) is 0. The van der Waals surface area contributed by atoms with Gasteiger partial charge >= 0.3 is 0 Å². The fourth-order valence-corrected chi connectivity index (χ4v) is 3.74. The standard InChI is InChI=1S/C20H19Cl2N3O2/c21-14-4-3-6-16(19(14)22)23-18(26)12-25-10-8-13(9-11-25)20-24-15-5-1-2-7-17(15)27-20/h1-7,13H,8-12H2,(H,23,26). The lowest BCUT2D eigenvalue weighted by Gasteiger charge is -2.29. The van der Waals surface area contributed by atoms with Crippen molar-refractivity contribution in [2.24, 2.45) is 0 Å². The first-order valence-electron chi connectivity index (χ1n) is 8.92. The quantitative estimate of drug-likeness (QED) is 0.668. The van der Waals surface area contributed by atoms with Gasteiger partial charge in [-0.2, -0.15) is 0 Å². The molecule has 2 aromatic carbocycles. The summed E-state index contributed by atoms with van der Waals surface area (Å²) in [5.41, 5.74) is 2.26. The topological polar surface area (TPSA) is 58.4 Å². The number of benzene rings is 2. The summed E-state index contributed by atoms with van der Waals surface area (Å²) in [5, 5.41) is 3.62. The van der Waals surface area contributed by atoms with E-state index in [0.717, 1.165) is 42.9 Å². The maximum atomic E-state index is 12.3. The minimum atomic E-state index is -0.0977. The first-order chi connectivity index (χ1) is 13.1. The predicted octanol–water partition coefficient (Wildman–Crippen LogP) is 4.95. The number of rotatable bonds is 4. The van der Waals surface area contributed by atoms with Crippen LogP contribution in [0.5, 0.6) is 0 Å². The number of likely N-dealkylation sites (tertiary alicyclic amines) is 1. The molecular weight excluding hydrogens is 385 g/mol. The molecule has 1 saturated heterocycles. The second kappa shape index (κ2) is 7.89. The van der Waals surface area contributed by atoms with Crippen molar-refractivity contribution in [1.82, 2.24) is 9.88 Å². The summed E-state index contributed by atoms with van der Waals surface area (Å²) in [6, 6.07) is 13.0. The molecule has 2 heterocycles.